The summed E-state index contributed by atoms with van der Waals surface area (Å²) in [6.07, 6.45) is 10.3. The molecule has 188 valence electrons. The van der Waals surface area contributed by atoms with Crippen molar-refractivity contribution in [1.82, 2.24) is 9.97 Å². The van der Waals surface area contributed by atoms with E-state index in [4.69, 9.17) is 18.9 Å². The number of aromatic nitrogens is 2. The maximum atomic E-state index is 6.00. The smallest absolute Gasteiger partial charge is 0.157 e. The molecule has 8 heteroatoms. The van der Waals surface area contributed by atoms with Gasteiger partial charge in [-0.3, -0.25) is 20.0 Å². The monoisotopic (exact) mass is 480 g/mol. The minimum Gasteiger partial charge on any atom is -0.352 e. The topological polar surface area (TPSA) is 87.4 Å². The van der Waals surface area contributed by atoms with Crippen molar-refractivity contribution < 1.29 is 18.9 Å². The first-order valence-corrected chi connectivity index (χ1v) is 12.4. The zero-order valence-corrected chi connectivity index (χ0v) is 20.8. The first-order chi connectivity index (χ1) is 17.1. The van der Waals surface area contributed by atoms with Crippen LogP contribution < -0.4 is 0 Å². The van der Waals surface area contributed by atoms with Gasteiger partial charge >= 0.3 is 0 Å². The van der Waals surface area contributed by atoms with Gasteiger partial charge in [0.2, 0.25) is 0 Å². The SMILES string of the molecule is CC(=NCCCC1OCC2(CO1)COC(CCCN=C(C)c1ccncc1)OC2)c1ccncc1. The maximum Gasteiger partial charge on any atom is 0.157 e. The van der Waals surface area contributed by atoms with Gasteiger partial charge in [0, 0.05) is 62.1 Å². The highest BCUT2D eigenvalue weighted by atomic mass is 16.7. The van der Waals surface area contributed by atoms with Crippen LogP contribution in [0.3, 0.4) is 0 Å². The number of pyridine rings is 2. The summed E-state index contributed by atoms with van der Waals surface area (Å²) >= 11 is 0. The zero-order chi connectivity index (χ0) is 24.3. The van der Waals surface area contributed by atoms with Crippen LogP contribution in [0.4, 0.5) is 0 Å². The number of aliphatic imine (C=N–C) groups is 2. The molecule has 0 saturated carbocycles. The van der Waals surface area contributed by atoms with E-state index < -0.39 is 0 Å². The van der Waals surface area contributed by atoms with Gasteiger partial charge in [-0.05, 0) is 62.1 Å². The van der Waals surface area contributed by atoms with Crippen LogP contribution in [0.1, 0.15) is 50.7 Å². The third-order valence-corrected chi connectivity index (χ3v) is 6.39. The molecule has 4 rings (SSSR count). The molecule has 0 N–H and O–H groups in total. The molecule has 2 aliphatic heterocycles. The highest BCUT2D eigenvalue weighted by molar-refractivity contribution is 5.98. The normalized spacial score (nSPS) is 25.7. The maximum absolute atomic E-state index is 6.00. The Morgan fingerprint density at radius 2 is 1.09 bits per heavy atom. The van der Waals surface area contributed by atoms with E-state index >= 15 is 0 Å². The lowest BCUT2D eigenvalue weighted by Crippen LogP contribution is -2.52. The van der Waals surface area contributed by atoms with Crippen molar-refractivity contribution in [3.63, 3.8) is 0 Å². The van der Waals surface area contributed by atoms with Gasteiger partial charge in [0.25, 0.3) is 0 Å². The van der Waals surface area contributed by atoms with Gasteiger partial charge < -0.3 is 18.9 Å². The number of hydrogen-bond donors (Lipinski definition) is 0. The second-order valence-electron chi connectivity index (χ2n) is 9.29. The fraction of sp³-hybridized carbons (Fsp3) is 0.556. The molecule has 0 atom stereocenters. The fourth-order valence-corrected chi connectivity index (χ4v) is 4.14. The molecule has 2 saturated heterocycles. The highest BCUT2D eigenvalue weighted by Crippen LogP contribution is 2.32. The second kappa shape index (κ2) is 13.0. The first kappa shape index (κ1) is 25.6. The van der Waals surface area contributed by atoms with E-state index in [1.807, 2.05) is 38.1 Å². The van der Waals surface area contributed by atoms with Crippen molar-refractivity contribution in [3.8, 4) is 0 Å². The van der Waals surface area contributed by atoms with E-state index in [1.54, 1.807) is 24.8 Å². The lowest BCUT2D eigenvalue weighted by molar-refractivity contribution is -0.304. The Labute approximate surface area is 207 Å². The minimum absolute atomic E-state index is 0.184. The largest absolute Gasteiger partial charge is 0.352 e. The molecule has 0 bridgehead atoms. The Hall–Kier alpha value is -2.52. The van der Waals surface area contributed by atoms with Gasteiger partial charge in [-0.1, -0.05) is 0 Å². The lowest BCUT2D eigenvalue weighted by Gasteiger charge is -2.43. The summed E-state index contributed by atoms with van der Waals surface area (Å²) in [5, 5.41) is 0. The lowest BCUT2D eigenvalue weighted by atomic mass is 9.90. The molecule has 0 unspecified atom stereocenters. The molecule has 2 fully saturated rings. The van der Waals surface area contributed by atoms with E-state index in [-0.39, 0.29) is 18.0 Å². The number of hydrogen-bond acceptors (Lipinski definition) is 8. The minimum atomic E-state index is -0.209. The zero-order valence-electron chi connectivity index (χ0n) is 20.8. The van der Waals surface area contributed by atoms with Crippen LogP contribution in [-0.4, -0.2) is 73.5 Å². The van der Waals surface area contributed by atoms with Gasteiger partial charge in [0.15, 0.2) is 12.6 Å². The average molecular weight is 481 g/mol. The quantitative estimate of drug-likeness (QED) is 0.376. The summed E-state index contributed by atoms with van der Waals surface area (Å²) in [6.45, 7) is 7.95. The van der Waals surface area contributed by atoms with Crippen LogP contribution in [0.2, 0.25) is 0 Å². The van der Waals surface area contributed by atoms with Crippen LogP contribution in [-0.2, 0) is 18.9 Å². The summed E-state index contributed by atoms with van der Waals surface area (Å²) in [7, 11) is 0. The second-order valence-corrected chi connectivity index (χ2v) is 9.29. The van der Waals surface area contributed by atoms with Crippen LogP contribution in [0.5, 0.6) is 0 Å². The van der Waals surface area contributed by atoms with Crippen molar-refractivity contribution in [2.45, 2.75) is 52.1 Å². The Balaban J connectivity index is 1.09. The predicted molar refractivity (Wildman–Crippen MR) is 135 cm³/mol. The van der Waals surface area contributed by atoms with E-state index in [9.17, 15) is 0 Å². The molecule has 1 spiro atoms. The molecule has 0 radical (unpaired) electrons. The van der Waals surface area contributed by atoms with Crippen molar-refractivity contribution in [2.24, 2.45) is 15.4 Å². The summed E-state index contributed by atoms with van der Waals surface area (Å²) in [5.74, 6) is 0. The van der Waals surface area contributed by atoms with Gasteiger partial charge in [-0.25, -0.2) is 0 Å². The molecular weight excluding hydrogens is 444 g/mol. The summed E-state index contributed by atoms with van der Waals surface area (Å²) in [5.41, 5.74) is 4.06. The van der Waals surface area contributed by atoms with Crippen LogP contribution >= 0.6 is 0 Å². The summed E-state index contributed by atoms with van der Waals surface area (Å²) < 4.78 is 24.0. The van der Waals surface area contributed by atoms with Gasteiger partial charge in [-0.2, -0.15) is 0 Å². The molecule has 35 heavy (non-hydrogen) atoms. The molecule has 8 nitrogen and oxygen atoms in total. The van der Waals surface area contributed by atoms with E-state index in [1.165, 1.54) is 0 Å². The Kier molecular flexibility index (Phi) is 9.48. The first-order valence-electron chi connectivity index (χ1n) is 12.4. The van der Waals surface area contributed by atoms with Crippen LogP contribution in [0.15, 0.2) is 59.0 Å². The number of ether oxygens (including phenoxy) is 4. The van der Waals surface area contributed by atoms with E-state index in [0.29, 0.717) is 26.4 Å². The molecule has 2 aromatic heterocycles. The predicted octanol–water partition coefficient (Wildman–Crippen LogP) is 4.09. The Morgan fingerprint density at radius 1 is 0.714 bits per heavy atom. The summed E-state index contributed by atoms with van der Waals surface area (Å²) in [4.78, 5) is 17.4. The van der Waals surface area contributed by atoms with Crippen molar-refractivity contribution in [1.29, 1.82) is 0 Å². The summed E-state index contributed by atoms with van der Waals surface area (Å²) in [6, 6.07) is 7.90. The average Bonchev–Trinajstić information content (AvgIpc) is 2.92. The van der Waals surface area contributed by atoms with Gasteiger partial charge in [0.05, 0.1) is 31.8 Å². The third kappa shape index (κ3) is 7.73. The van der Waals surface area contributed by atoms with Crippen LogP contribution in [0.25, 0.3) is 0 Å². The van der Waals surface area contributed by atoms with Crippen LogP contribution in [0, 0.1) is 5.41 Å². The highest BCUT2D eigenvalue weighted by Gasteiger charge is 2.41. The Morgan fingerprint density at radius 3 is 1.46 bits per heavy atom. The Bertz CT molecular complexity index is 869. The number of rotatable bonds is 10. The van der Waals surface area contributed by atoms with Gasteiger partial charge in [-0.15, -0.1) is 0 Å². The van der Waals surface area contributed by atoms with E-state index in [2.05, 4.69) is 20.0 Å². The molecule has 2 aliphatic rings. The standard InChI is InChI=1S/C27H36N4O4/c1-21(23-7-13-28-14-8-23)30-11-3-5-25-32-17-27(18-33-25)19-34-26(35-20-27)6-4-12-31-22(2)24-9-15-29-16-10-24/h7-10,13-16,25-26H,3-6,11-12,17-20H2,1-2H3. The number of nitrogens with zero attached hydrogens (tertiary/aromatic N) is 4. The fourth-order valence-electron chi connectivity index (χ4n) is 4.14. The van der Waals surface area contributed by atoms with Crippen molar-refractivity contribution in [2.75, 3.05) is 39.5 Å². The van der Waals surface area contributed by atoms with Gasteiger partial charge in [0.1, 0.15) is 0 Å². The molecule has 0 aromatic carbocycles. The molecular formula is C27H36N4O4. The molecule has 0 amide bonds. The van der Waals surface area contributed by atoms with E-state index in [0.717, 1.165) is 61.3 Å². The molecule has 0 aliphatic carbocycles. The molecule has 2 aromatic rings. The van der Waals surface area contributed by atoms with Crippen molar-refractivity contribution in [3.05, 3.63) is 60.2 Å². The third-order valence-electron chi connectivity index (χ3n) is 6.39. The van der Waals surface area contributed by atoms with Crippen molar-refractivity contribution >= 4 is 11.4 Å². The molecule has 4 heterocycles.